The normalized spacial score (nSPS) is 10.3. The zero-order valence-corrected chi connectivity index (χ0v) is 11.8. The quantitative estimate of drug-likeness (QED) is 0.845. The Bertz CT molecular complexity index is 638. The fourth-order valence-corrected chi connectivity index (χ4v) is 2.16. The van der Waals surface area contributed by atoms with Gasteiger partial charge in [-0.15, -0.1) is 0 Å². The second-order valence-electron chi connectivity index (χ2n) is 4.17. The molecule has 2 aromatic rings. The Morgan fingerprint density at radius 3 is 2.40 bits per heavy atom. The Kier molecular flexibility index (Phi) is 4.47. The molecule has 0 unspecified atom stereocenters. The van der Waals surface area contributed by atoms with Crippen LogP contribution in [-0.4, -0.2) is 5.91 Å². The number of amides is 1. The van der Waals surface area contributed by atoms with Gasteiger partial charge in [0, 0.05) is 5.69 Å². The molecular formula is C14H11Cl2FN2O. The summed E-state index contributed by atoms with van der Waals surface area (Å²) in [7, 11) is 0. The van der Waals surface area contributed by atoms with E-state index in [0.29, 0.717) is 11.3 Å². The highest BCUT2D eigenvalue weighted by atomic mass is 35.5. The summed E-state index contributed by atoms with van der Waals surface area (Å²) in [6.45, 7) is 0. The molecule has 6 heteroatoms. The second-order valence-corrected chi connectivity index (χ2v) is 4.98. The first-order valence-corrected chi connectivity index (χ1v) is 6.50. The minimum Gasteiger partial charge on any atom is -0.396 e. The van der Waals surface area contributed by atoms with Crippen LogP contribution < -0.4 is 11.1 Å². The van der Waals surface area contributed by atoms with E-state index < -0.39 is 5.82 Å². The number of hydrogen-bond acceptors (Lipinski definition) is 2. The lowest BCUT2D eigenvalue weighted by Gasteiger charge is -2.09. The molecule has 2 aromatic carbocycles. The number of nitrogen functional groups attached to an aromatic ring is 1. The second kappa shape index (κ2) is 6.11. The lowest BCUT2D eigenvalue weighted by molar-refractivity contribution is -0.115. The number of carbonyl (C=O) groups excluding carboxylic acids is 1. The number of nitrogens with two attached hydrogens (primary N) is 1. The largest absolute Gasteiger partial charge is 0.396 e. The fourth-order valence-electron chi connectivity index (χ4n) is 1.68. The van der Waals surface area contributed by atoms with Crippen LogP contribution in [0, 0.1) is 5.82 Å². The fraction of sp³-hybridized carbons (Fsp3) is 0.0714. The third-order valence-electron chi connectivity index (χ3n) is 2.67. The summed E-state index contributed by atoms with van der Waals surface area (Å²) in [4.78, 5) is 11.8. The van der Waals surface area contributed by atoms with E-state index in [1.165, 1.54) is 18.2 Å². The van der Waals surface area contributed by atoms with Crippen LogP contribution in [0.2, 0.25) is 10.0 Å². The summed E-state index contributed by atoms with van der Waals surface area (Å²) in [5, 5.41) is 3.09. The molecule has 0 bridgehead atoms. The molecule has 0 heterocycles. The van der Waals surface area contributed by atoms with Crippen LogP contribution in [0.15, 0.2) is 36.4 Å². The van der Waals surface area contributed by atoms with Gasteiger partial charge in [0.2, 0.25) is 5.91 Å². The molecule has 0 saturated heterocycles. The summed E-state index contributed by atoms with van der Waals surface area (Å²) < 4.78 is 13.4. The maximum atomic E-state index is 13.4. The summed E-state index contributed by atoms with van der Waals surface area (Å²) in [5.41, 5.74) is 6.58. The van der Waals surface area contributed by atoms with Gasteiger partial charge in [-0.2, -0.15) is 0 Å². The van der Waals surface area contributed by atoms with Gasteiger partial charge in [-0.25, -0.2) is 4.39 Å². The van der Waals surface area contributed by atoms with Gasteiger partial charge in [0.15, 0.2) is 0 Å². The topological polar surface area (TPSA) is 55.1 Å². The van der Waals surface area contributed by atoms with Crippen LogP contribution in [0.3, 0.4) is 0 Å². The predicted octanol–water partition coefficient (Wildman–Crippen LogP) is 3.90. The average Bonchev–Trinajstić information content (AvgIpc) is 2.38. The van der Waals surface area contributed by atoms with Gasteiger partial charge in [0.25, 0.3) is 0 Å². The Morgan fingerprint density at radius 2 is 1.80 bits per heavy atom. The van der Waals surface area contributed by atoms with Crippen LogP contribution >= 0.6 is 23.2 Å². The summed E-state index contributed by atoms with van der Waals surface area (Å²) >= 11 is 11.7. The lowest BCUT2D eigenvalue weighted by Crippen LogP contribution is -2.15. The van der Waals surface area contributed by atoms with Crippen molar-refractivity contribution in [3.8, 4) is 0 Å². The molecule has 0 saturated carbocycles. The van der Waals surface area contributed by atoms with Crippen LogP contribution in [0.25, 0.3) is 0 Å². The van der Waals surface area contributed by atoms with Gasteiger partial charge in [0.1, 0.15) is 5.82 Å². The number of carbonyl (C=O) groups is 1. The summed E-state index contributed by atoms with van der Waals surface area (Å²) in [6, 6.07) is 9.07. The highest BCUT2D eigenvalue weighted by molar-refractivity contribution is 6.39. The van der Waals surface area contributed by atoms with E-state index in [-0.39, 0.29) is 28.1 Å². The molecule has 0 aromatic heterocycles. The number of benzene rings is 2. The van der Waals surface area contributed by atoms with E-state index in [4.69, 9.17) is 28.9 Å². The van der Waals surface area contributed by atoms with E-state index in [9.17, 15) is 9.18 Å². The summed E-state index contributed by atoms with van der Waals surface area (Å²) in [5.74, 6) is -0.789. The van der Waals surface area contributed by atoms with Crippen LogP contribution in [-0.2, 0) is 11.2 Å². The van der Waals surface area contributed by atoms with Gasteiger partial charge in [0.05, 0.1) is 22.2 Å². The zero-order valence-electron chi connectivity index (χ0n) is 10.3. The summed E-state index contributed by atoms with van der Waals surface area (Å²) in [6.07, 6.45) is -0.0771. The van der Waals surface area contributed by atoms with Crippen molar-refractivity contribution in [1.29, 1.82) is 0 Å². The van der Waals surface area contributed by atoms with Crippen LogP contribution in [0.5, 0.6) is 0 Å². The first kappa shape index (κ1) is 14.6. The van der Waals surface area contributed by atoms with Crippen molar-refractivity contribution in [2.45, 2.75) is 6.42 Å². The number of anilines is 2. The Labute approximate surface area is 125 Å². The number of nitrogens with one attached hydrogen (secondary N) is 1. The number of hydrogen-bond donors (Lipinski definition) is 2. The Balaban J connectivity index is 2.11. The van der Waals surface area contributed by atoms with Gasteiger partial charge < -0.3 is 11.1 Å². The molecule has 104 valence electrons. The number of halogens is 3. The standard InChI is InChI=1S/C14H11Cl2FN2O/c15-10-6-9(7-11(16)14(10)18)19-13(20)5-8-3-1-2-4-12(8)17/h1-4,6-7H,5,18H2,(H,19,20). The molecule has 3 nitrogen and oxygen atoms in total. The molecule has 1 amide bonds. The van der Waals surface area contributed by atoms with E-state index in [2.05, 4.69) is 5.32 Å². The van der Waals surface area contributed by atoms with E-state index in [1.807, 2.05) is 0 Å². The Hall–Kier alpha value is -1.78. The molecule has 0 fully saturated rings. The SMILES string of the molecule is Nc1c(Cl)cc(NC(=O)Cc2ccccc2F)cc1Cl. The van der Waals surface area contributed by atoms with Gasteiger partial charge in [-0.3, -0.25) is 4.79 Å². The molecule has 20 heavy (non-hydrogen) atoms. The predicted molar refractivity (Wildman–Crippen MR) is 79.6 cm³/mol. The van der Waals surface area contributed by atoms with E-state index in [1.54, 1.807) is 18.2 Å². The first-order chi connectivity index (χ1) is 9.47. The third kappa shape index (κ3) is 3.40. The molecule has 0 aliphatic carbocycles. The minimum atomic E-state index is -0.420. The maximum absolute atomic E-state index is 13.4. The molecule has 2 rings (SSSR count). The van der Waals surface area contributed by atoms with E-state index in [0.717, 1.165) is 0 Å². The van der Waals surface area contributed by atoms with Crippen molar-refractivity contribution < 1.29 is 9.18 Å². The minimum absolute atomic E-state index is 0.0771. The lowest BCUT2D eigenvalue weighted by atomic mass is 10.1. The van der Waals surface area contributed by atoms with Crippen molar-refractivity contribution in [2.75, 3.05) is 11.1 Å². The zero-order chi connectivity index (χ0) is 14.7. The van der Waals surface area contributed by atoms with E-state index >= 15 is 0 Å². The highest BCUT2D eigenvalue weighted by Gasteiger charge is 2.10. The average molecular weight is 313 g/mol. The van der Waals surface area contributed by atoms with Crippen LogP contribution in [0.4, 0.5) is 15.8 Å². The van der Waals surface area contributed by atoms with Gasteiger partial charge in [-0.1, -0.05) is 41.4 Å². The molecule has 0 aliphatic rings. The van der Waals surface area contributed by atoms with Crippen molar-refractivity contribution in [1.82, 2.24) is 0 Å². The molecular weight excluding hydrogens is 302 g/mol. The van der Waals surface area contributed by atoms with Crippen molar-refractivity contribution in [2.24, 2.45) is 0 Å². The molecule has 0 aliphatic heterocycles. The third-order valence-corrected chi connectivity index (χ3v) is 3.30. The van der Waals surface area contributed by atoms with Crippen molar-refractivity contribution in [3.05, 3.63) is 57.8 Å². The smallest absolute Gasteiger partial charge is 0.228 e. The number of rotatable bonds is 3. The van der Waals surface area contributed by atoms with Gasteiger partial charge in [-0.05, 0) is 23.8 Å². The van der Waals surface area contributed by atoms with Crippen molar-refractivity contribution >= 4 is 40.5 Å². The molecule has 0 radical (unpaired) electrons. The first-order valence-electron chi connectivity index (χ1n) is 5.75. The molecule has 3 N–H and O–H groups in total. The monoisotopic (exact) mass is 312 g/mol. The Morgan fingerprint density at radius 1 is 1.20 bits per heavy atom. The maximum Gasteiger partial charge on any atom is 0.228 e. The van der Waals surface area contributed by atoms with Crippen LogP contribution in [0.1, 0.15) is 5.56 Å². The molecule has 0 atom stereocenters. The highest BCUT2D eigenvalue weighted by Crippen LogP contribution is 2.31. The molecule has 0 spiro atoms. The van der Waals surface area contributed by atoms with Crippen molar-refractivity contribution in [3.63, 3.8) is 0 Å². The van der Waals surface area contributed by atoms with Gasteiger partial charge >= 0.3 is 0 Å².